The van der Waals surface area contributed by atoms with Crippen molar-refractivity contribution in [3.8, 4) is 0 Å². The van der Waals surface area contributed by atoms with Crippen molar-refractivity contribution in [2.45, 2.75) is 13.0 Å². The summed E-state index contributed by atoms with van der Waals surface area (Å²) in [5.74, 6) is -0.265. The number of carbonyl (C=O) groups excluding carboxylic acids is 1. The van der Waals surface area contributed by atoms with Crippen molar-refractivity contribution in [3.63, 3.8) is 0 Å². The van der Waals surface area contributed by atoms with E-state index in [1.807, 2.05) is 61.5 Å². The summed E-state index contributed by atoms with van der Waals surface area (Å²) in [6.07, 6.45) is 0. The zero-order valence-corrected chi connectivity index (χ0v) is 13.3. The molecule has 0 bridgehead atoms. The van der Waals surface area contributed by atoms with Crippen molar-refractivity contribution < 1.29 is 9.53 Å². The monoisotopic (exact) mass is 381 g/mol. The molecule has 2 rings (SSSR count). The van der Waals surface area contributed by atoms with E-state index < -0.39 is 6.04 Å². The predicted octanol–water partition coefficient (Wildman–Crippen LogP) is 4.01. The summed E-state index contributed by atoms with van der Waals surface area (Å²) in [5, 5.41) is 3.27. The normalized spacial score (nSPS) is 11.7. The molecule has 0 fully saturated rings. The van der Waals surface area contributed by atoms with Gasteiger partial charge in [0.2, 0.25) is 0 Å². The fourth-order valence-electron chi connectivity index (χ4n) is 1.88. The van der Waals surface area contributed by atoms with Crippen molar-refractivity contribution in [2.24, 2.45) is 0 Å². The molecule has 0 spiro atoms. The fraction of sp³-hybridized carbons (Fsp3) is 0.188. The molecule has 20 heavy (non-hydrogen) atoms. The van der Waals surface area contributed by atoms with Crippen LogP contribution in [0.25, 0.3) is 0 Å². The summed E-state index contributed by atoms with van der Waals surface area (Å²) in [6, 6.07) is 17.0. The lowest BCUT2D eigenvalue weighted by Crippen LogP contribution is -2.23. The molecule has 0 aliphatic carbocycles. The van der Waals surface area contributed by atoms with Gasteiger partial charge >= 0.3 is 5.97 Å². The molecule has 0 aliphatic heterocycles. The molecular formula is C16H16INO2. The van der Waals surface area contributed by atoms with Crippen LogP contribution in [0, 0.1) is 3.57 Å². The minimum Gasteiger partial charge on any atom is -0.464 e. The lowest BCUT2D eigenvalue weighted by atomic mass is 10.1. The van der Waals surface area contributed by atoms with Crippen molar-refractivity contribution in [2.75, 3.05) is 11.9 Å². The number of hydrogen-bond acceptors (Lipinski definition) is 3. The van der Waals surface area contributed by atoms with E-state index in [1.54, 1.807) is 0 Å². The maximum atomic E-state index is 12.2. The molecule has 0 saturated heterocycles. The van der Waals surface area contributed by atoms with E-state index in [0.717, 1.165) is 14.8 Å². The molecule has 0 aliphatic rings. The molecule has 104 valence electrons. The van der Waals surface area contributed by atoms with Crippen LogP contribution in [0.1, 0.15) is 18.5 Å². The number of benzene rings is 2. The molecule has 3 nitrogen and oxygen atoms in total. The highest BCUT2D eigenvalue weighted by Crippen LogP contribution is 2.24. The van der Waals surface area contributed by atoms with Crippen LogP contribution in [0.2, 0.25) is 0 Å². The molecule has 1 unspecified atom stereocenters. The lowest BCUT2D eigenvalue weighted by Gasteiger charge is -2.19. The van der Waals surface area contributed by atoms with Gasteiger partial charge in [-0.2, -0.15) is 0 Å². The summed E-state index contributed by atoms with van der Waals surface area (Å²) >= 11 is 2.24. The highest BCUT2D eigenvalue weighted by atomic mass is 127. The zero-order valence-electron chi connectivity index (χ0n) is 11.2. The van der Waals surface area contributed by atoms with Gasteiger partial charge in [-0.3, -0.25) is 0 Å². The smallest absolute Gasteiger partial charge is 0.333 e. The van der Waals surface area contributed by atoms with Crippen LogP contribution in [-0.2, 0) is 9.53 Å². The van der Waals surface area contributed by atoms with E-state index in [2.05, 4.69) is 27.9 Å². The Labute approximate surface area is 132 Å². The summed E-state index contributed by atoms with van der Waals surface area (Å²) in [5.41, 5.74) is 1.82. The Bertz CT molecular complexity index is 572. The highest BCUT2D eigenvalue weighted by molar-refractivity contribution is 14.1. The Hall–Kier alpha value is -1.56. The second-order valence-electron chi connectivity index (χ2n) is 4.22. The number of para-hydroxylation sites is 1. The Balaban J connectivity index is 2.28. The molecule has 0 radical (unpaired) electrons. The van der Waals surface area contributed by atoms with Gasteiger partial charge in [-0.25, -0.2) is 4.79 Å². The number of hydrogen-bond donors (Lipinski definition) is 1. The zero-order chi connectivity index (χ0) is 14.4. The van der Waals surface area contributed by atoms with Gasteiger partial charge in [0, 0.05) is 9.26 Å². The topological polar surface area (TPSA) is 38.3 Å². The molecule has 4 heteroatoms. The van der Waals surface area contributed by atoms with Crippen molar-refractivity contribution >= 4 is 34.2 Å². The van der Waals surface area contributed by atoms with Gasteiger partial charge < -0.3 is 10.1 Å². The van der Waals surface area contributed by atoms with E-state index in [9.17, 15) is 4.79 Å². The highest BCUT2D eigenvalue weighted by Gasteiger charge is 2.22. The second kappa shape index (κ2) is 7.28. The van der Waals surface area contributed by atoms with Crippen LogP contribution in [0.5, 0.6) is 0 Å². The first-order valence-electron chi connectivity index (χ1n) is 6.45. The number of rotatable bonds is 5. The second-order valence-corrected chi connectivity index (χ2v) is 5.38. The average Bonchev–Trinajstić information content (AvgIpc) is 2.47. The number of anilines is 1. The van der Waals surface area contributed by atoms with E-state index >= 15 is 0 Å². The van der Waals surface area contributed by atoms with Crippen LogP contribution in [0.15, 0.2) is 54.6 Å². The molecule has 0 saturated carbocycles. The predicted molar refractivity (Wildman–Crippen MR) is 88.6 cm³/mol. The third-order valence-electron chi connectivity index (χ3n) is 2.83. The minimum atomic E-state index is -0.493. The van der Waals surface area contributed by atoms with Crippen LogP contribution >= 0.6 is 22.6 Å². The summed E-state index contributed by atoms with van der Waals surface area (Å²) < 4.78 is 6.23. The number of esters is 1. The maximum absolute atomic E-state index is 12.2. The number of ether oxygens (including phenoxy) is 1. The van der Waals surface area contributed by atoms with Gasteiger partial charge in [0.1, 0.15) is 0 Å². The first kappa shape index (κ1) is 14.8. The van der Waals surface area contributed by atoms with Gasteiger partial charge in [0.05, 0.1) is 6.61 Å². The number of carbonyl (C=O) groups is 1. The van der Waals surface area contributed by atoms with E-state index in [1.165, 1.54) is 0 Å². The molecule has 0 heterocycles. The molecule has 1 N–H and O–H groups in total. The molecule has 2 aromatic carbocycles. The molecule has 0 aromatic heterocycles. The third kappa shape index (κ3) is 3.72. The SMILES string of the molecule is CCOC(=O)C(Nc1ccccc1I)c1ccccc1. The average molecular weight is 381 g/mol. The number of halogens is 1. The Morgan fingerprint density at radius 3 is 2.45 bits per heavy atom. The Morgan fingerprint density at radius 2 is 1.80 bits per heavy atom. The molecule has 0 amide bonds. The summed E-state index contributed by atoms with van der Waals surface area (Å²) in [6.45, 7) is 2.18. The third-order valence-corrected chi connectivity index (χ3v) is 3.77. The van der Waals surface area contributed by atoms with Gasteiger partial charge in [-0.1, -0.05) is 42.5 Å². The fourth-order valence-corrected chi connectivity index (χ4v) is 2.43. The standard InChI is InChI=1S/C16H16INO2/c1-2-20-16(19)15(12-8-4-3-5-9-12)18-14-11-7-6-10-13(14)17/h3-11,15,18H,2H2,1H3. The minimum absolute atomic E-state index is 0.265. The van der Waals surface area contributed by atoms with E-state index in [0.29, 0.717) is 6.61 Å². The largest absolute Gasteiger partial charge is 0.464 e. The number of nitrogens with one attached hydrogen (secondary N) is 1. The van der Waals surface area contributed by atoms with Gasteiger partial charge in [0.25, 0.3) is 0 Å². The van der Waals surface area contributed by atoms with Gasteiger partial charge in [-0.15, -0.1) is 0 Å². The van der Waals surface area contributed by atoms with Crippen molar-refractivity contribution in [1.82, 2.24) is 0 Å². The molecule has 2 aromatic rings. The first-order chi connectivity index (χ1) is 9.72. The van der Waals surface area contributed by atoms with Crippen LogP contribution < -0.4 is 5.32 Å². The summed E-state index contributed by atoms with van der Waals surface area (Å²) in [7, 11) is 0. The quantitative estimate of drug-likeness (QED) is 0.629. The Kier molecular flexibility index (Phi) is 5.40. The van der Waals surface area contributed by atoms with E-state index in [4.69, 9.17) is 4.74 Å². The Morgan fingerprint density at radius 1 is 1.15 bits per heavy atom. The van der Waals surface area contributed by atoms with Gasteiger partial charge in [-0.05, 0) is 47.2 Å². The van der Waals surface area contributed by atoms with Crippen molar-refractivity contribution in [3.05, 3.63) is 63.7 Å². The lowest BCUT2D eigenvalue weighted by molar-refractivity contribution is -0.144. The maximum Gasteiger partial charge on any atom is 0.333 e. The van der Waals surface area contributed by atoms with E-state index in [-0.39, 0.29) is 5.97 Å². The first-order valence-corrected chi connectivity index (χ1v) is 7.53. The van der Waals surface area contributed by atoms with Crippen molar-refractivity contribution in [1.29, 1.82) is 0 Å². The van der Waals surface area contributed by atoms with Crippen LogP contribution in [-0.4, -0.2) is 12.6 Å². The summed E-state index contributed by atoms with van der Waals surface area (Å²) in [4.78, 5) is 12.2. The van der Waals surface area contributed by atoms with Crippen LogP contribution in [0.4, 0.5) is 5.69 Å². The molecular weight excluding hydrogens is 365 g/mol. The van der Waals surface area contributed by atoms with Crippen LogP contribution in [0.3, 0.4) is 0 Å². The molecule has 1 atom stereocenters. The van der Waals surface area contributed by atoms with Gasteiger partial charge in [0.15, 0.2) is 6.04 Å².